The van der Waals surface area contributed by atoms with Gasteiger partial charge in [0.1, 0.15) is 0 Å². The summed E-state index contributed by atoms with van der Waals surface area (Å²) >= 11 is 0. The SMILES string of the molecule is COc1cc2c(cc1OC)CN(c1nc3c(c(=O)n(C)c(=O)n3C)n1C)CC2. The van der Waals surface area contributed by atoms with Crippen LogP contribution in [0.15, 0.2) is 21.7 Å². The highest BCUT2D eigenvalue weighted by Crippen LogP contribution is 2.34. The summed E-state index contributed by atoms with van der Waals surface area (Å²) in [4.78, 5) is 31.6. The molecule has 3 aromatic rings. The van der Waals surface area contributed by atoms with Gasteiger partial charge in [0, 0.05) is 34.2 Å². The van der Waals surface area contributed by atoms with Crippen molar-refractivity contribution in [1.29, 1.82) is 0 Å². The molecule has 1 aliphatic rings. The van der Waals surface area contributed by atoms with Crippen molar-refractivity contribution in [3.63, 3.8) is 0 Å². The van der Waals surface area contributed by atoms with Gasteiger partial charge in [-0.3, -0.25) is 13.9 Å². The molecule has 0 bridgehead atoms. The van der Waals surface area contributed by atoms with E-state index in [1.807, 2.05) is 12.1 Å². The van der Waals surface area contributed by atoms with E-state index in [9.17, 15) is 9.59 Å². The molecule has 9 nitrogen and oxygen atoms in total. The van der Waals surface area contributed by atoms with Crippen LogP contribution in [-0.4, -0.2) is 39.4 Å². The van der Waals surface area contributed by atoms with E-state index in [-0.39, 0.29) is 11.2 Å². The fraction of sp³-hybridized carbons (Fsp3) is 0.421. The fourth-order valence-corrected chi connectivity index (χ4v) is 3.84. The first-order valence-electron chi connectivity index (χ1n) is 8.98. The van der Waals surface area contributed by atoms with Crippen molar-refractivity contribution >= 4 is 17.1 Å². The monoisotopic (exact) mass is 385 g/mol. The molecule has 0 fully saturated rings. The topological polar surface area (TPSA) is 83.5 Å². The minimum Gasteiger partial charge on any atom is -0.493 e. The van der Waals surface area contributed by atoms with Gasteiger partial charge >= 0.3 is 5.69 Å². The molecular formula is C19H23N5O4. The molecule has 0 amide bonds. The third kappa shape index (κ3) is 2.49. The fourth-order valence-electron chi connectivity index (χ4n) is 3.84. The first-order valence-corrected chi connectivity index (χ1v) is 8.98. The highest BCUT2D eigenvalue weighted by molar-refractivity contribution is 5.74. The number of fused-ring (bicyclic) bond motifs is 2. The first kappa shape index (κ1) is 18.1. The van der Waals surface area contributed by atoms with Gasteiger partial charge in [-0.2, -0.15) is 4.98 Å². The molecule has 3 heterocycles. The molecule has 0 N–H and O–H groups in total. The number of hydrogen-bond acceptors (Lipinski definition) is 6. The second kappa shape index (κ2) is 6.43. The van der Waals surface area contributed by atoms with Gasteiger partial charge in [-0.25, -0.2) is 4.79 Å². The zero-order valence-electron chi connectivity index (χ0n) is 16.6. The van der Waals surface area contributed by atoms with Gasteiger partial charge in [0.2, 0.25) is 5.95 Å². The molecule has 0 atom stereocenters. The van der Waals surface area contributed by atoms with Crippen molar-refractivity contribution in [3.05, 3.63) is 44.1 Å². The molecule has 148 valence electrons. The number of imidazole rings is 1. The molecule has 0 spiro atoms. The first-order chi connectivity index (χ1) is 13.4. The molecule has 1 aromatic carbocycles. The third-order valence-electron chi connectivity index (χ3n) is 5.45. The summed E-state index contributed by atoms with van der Waals surface area (Å²) in [6.07, 6.45) is 0.815. The molecule has 9 heteroatoms. The Morgan fingerprint density at radius 2 is 1.57 bits per heavy atom. The number of aryl methyl sites for hydroxylation is 2. The average Bonchev–Trinajstić information content (AvgIpc) is 3.06. The maximum absolute atomic E-state index is 12.6. The smallest absolute Gasteiger partial charge is 0.332 e. The van der Waals surface area contributed by atoms with Gasteiger partial charge in [0.15, 0.2) is 22.7 Å². The van der Waals surface area contributed by atoms with Crippen LogP contribution in [0.5, 0.6) is 11.5 Å². The predicted octanol–water partition coefficient (Wildman–Crippen LogP) is 0.551. The van der Waals surface area contributed by atoms with E-state index in [1.165, 1.54) is 17.2 Å². The van der Waals surface area contributed by atoms with Crippen LogP contribution in [0.4, 0.5) is 5.95 Å². The van der Waals surface area contributed by atoms with Crippen LogP contribution in [0.3, 0.4) is 0 Å². The number of nitrogens with zero attached hydrogens (tertiary/aromatic N) is 5. The summed E-state index contributed by atoms with van der Waals surface area (Å²) in [7, 11) is 8.16. The molecule has 0 saturated carbocycles. The average molecular weight is 385 g/mol. The van der Waals surface area contributed by atoms with Gasteiger partial charge in [0.25, 0.3) is 5.56 Å². The van der Waals surface area contributed by atoms with E-state index in [0.29, 0.717) is 29.4 Å². The van der Waals surface area contributed by atoms with E-state index in [0.717, 1.165) is 28.8 Å². The lowest BCUT2D eigenvalue weighted by molar-refractivity contribution is 0.353. The standard InChI is InChI=1S/C19H23N5O4/c1-21-15-16(22(2)19(26)23(3)17(15)25)20-18(21)24-7-6-11-8-13(27-4)14(28-5)9-12(11)10-24/h8-9H,6-7,10H2,1-5H3. The largest absolute Gasteiger partial charge is 0.493 e. The molecule has 0 unspecified atom stereocenters. The van der Waals surface area contributed by atoms with Crippen LogP contribution in [-0.2, 0) is 34.1 Å². The van der Waals surface area contributed by atoms with Crippen LogP contribution in [0.2, 0.25) is 0 Å². The van der Waals surface area contributed by atoms with E-state index < -0.39 is 0 Å². The zero-order valence-corrected chi connectivity index (χ0v) is 16.6. The van der Waals surface area contributed by atoms with Crippen molar-refractivity contribution in [1.82, 2.24) is 18.7 Å². The van der Waals surface area contributed by atoms with Crippen molar-refractivity contribution in [2.75, 3.05) is 25.7 Å². The Morgan fingerprint density at radius 1 is 0.929 bits per heavy atom. The quantitative estimate of drug-likeness (QED) is 0.655. The van der Waals surface area contributed by atoms with Gasteiger partial charge in [0.05, 0.1) is 14.2 Å². The lowest BCUT2D eigenvalue weighted by Crippen LogP contribution is -2.37. The van der Waals surface area contributed by atoms with Crippen molar-refractivity contribution in [2.45, 2.75) is 13.0 Å². The molecule has 4 rings (SSSR count). The Kier molecular flexibility index (Phi) is 4.17. The normalized spacial score (nSPS) is 13.7. The molecule has 2 aromatic heterocycles. The zero-order chi connectivity index (χ0) is 20.2. The van der Waals surface area contributed by atoms with Crippen molar-refractivity contribution in [3.8, 4) is 11.5 Å². The number of benzene rings is 1. The summed E-state index contributed by atoms with van der Waals surface area (Å²) in [5.74, 6) is 2.06. The van der Waals surface area contributed by atoms with Crippen LogP contribution in [0.25, 0.3) is 11.2 Å². The van der Waals surface area contributed by atoms with Gasteiger partial charge in [-0.05, 0) is 29.7 Å². The Morgan fingerprint density at radius 3 is 2.21 bits per heavy atom. The molecule has 0 saturated heterocycles. The van der Waals surface area contributed by atoms with Gasteiger partial charge < -0.3 is 18.9 Å². The van der Waals surface area contributed by atoms with E-state index >= 15 is 0 Å². The second-order valence-electron chi connectivity index (χ2n) is 7.00. The van der Waals surface area contributed by atoms with Crippen LogP contribution in [0.1, 0.15) is 11.1 Å². The lowest BCUT2D eigenvalue weighted by atomic mass is 9.99. The van der Waals surface area contributed by atoms with Crippen molar-refractivity contribution in [2.24, 2.45) is 21.1 Å². The molecule has 28 heavy (non-hydrogen) atoms. The number of aromatic nitrogens is 4. The van der Waals surface area contributed by atoms with Gasteiger partial charge in [-0.15, -0.1) is 0 Å². The summed E-state index contributed by atoms with van der Waals surface area (Å²) in [6, 6.07) is 4.00. The Bertz CT molecular complexity index is 1200. The van der Waals surface area contributed by atoms with Crippen molar-refractivity contribution < 1.29 is 9.47 Å². The number of rotatable bonds is 3. The number of anilines is 1. The summed E-state index contributed by atoms with van der Waals surface area (Å²) in [5, 5.41) is 0. The van der Waals surface area contributed by atoms with E-state index in [2.05, 4.69) is 9.88 Å². The molecule has 0 aliphatic carbocycles. The van der Waals surface area contributed by atoms with Gasteiger partial charge in [-0.1, -0.05) is 0 Å². The third-order valence-corrected chi connectivity index (χ3v) is 5.45. The molecule has 0 radical (unpaired) electrons. The number of ether oxygens (including phenoxy) is 2. The van der Waals surface area contributed by atoms with Crippen LogP contribution < -0.4 is 25.6 Å². The Balaban J connectivity index is 1.82. The lowest BCUT2D eigenvalue weighted by Gasteiger charge is -2.30. The van der Waals surface area contributed by atoms with Crippen LogP contribution >= 0.6 is 0 Å². The number of methoxy groups -OCH3 is 2. The Hall–Kier alpha value is -3.23. The van der Waals surface area contributed by atoms with Crippen LogP contribution in [0, 0.1) is 0 Å². The predicted molar refractivity (Wildman–Crippen MR) is 105 cm³/mol. The Labute approximate surface area is 161 Å². The van der Waals surface area contributed by atoms with E-state index in [1.54, 1.807) is 32.9 Å². The molecule has 1 aliphatic heterocycles. The maximum atomic E-state index is 12.6. The number of hydrogen-bond donors (Lipinski definition) is 0. The summed E-state index contributed by atoms with van der Waals surface area (Å²) in [5.41, 5.74) is 2.40. The molecular weight excluding hydrogens is 362 g/mol. The second-order valence-corrected chi connectivity index (χ2v) is 7.00. The minimum absolute atomic E-state index is 0.344. The van der Waals surface area contributed by atoms with E-state index in [4.69, 9.17) is 9.47 Å². The minimum atomic E-state index is -0.386. The summed E-state index contributed by atoms with van der Waals surface area (Å²) in [6.45, 7) is 1.37. The summed E-state index contributed by atoms with van der Waals surface area (Å²) < 4.78 is 15.1. The highest BCUT2D eigenvalue weighted by Gasteiger charge is 2.25. The highest BCUT2D eigenvalue weighted by atomic mass is 16.5. The maximum Gasteiger partial charge on any atom is 0.332 e.